The van der Waals surface area contributed by atoms with Crippen molar-refractivity contribution in [3.8, 4) is 23.0 Å². The minimum Gasteiger partial charge on any atom is -0.497 e. The topological polar surface area (TPSA) is 127 Å². The van der Waals surface area contributed by atoms with E-state index in [1.54, 1.807) is 63.7 Å². The van der Waals surface area contributed by atoms with E-state index in [4.69, 9.17) is 18.9 Å². The number of methoxy groups -OCH3 is 4. The van der Waals surface area contributed by atoms with Crippen molar-refractivity contribution in [3.63, 3.8) is 0 Å². The Kier molecular flexibility index (Phi) is 9.75. The van der Waals surface area contributed by atoms with Gasteiger partial charge in [0, 0.05) is 44.7 Å². The van der Waals surface area contributed by atoms with E-state index in [0.717, 1.165) is 36.8 Å². The Morgan fingerprint density at radius 2 is 1.39 bits per heavy atom. The van der Waals surface area contributed by atoms with E-state index in [-0.39, 0.29) is 42.2 Å². The highest BCUT2D eigenvalue weighted by atomic mass is 16.5. The van der Waals surface area contributed by atoms with E-state index in [1.807, 2.05) is 36.4 Å². The van der Waals surface area contributed by atoms with Crippen LogP contribution in [0.2, 0.25) is 0 Å². The van der Waals surface area contributed by atoms with Gasteiger partial charge in [0.15, 0.2) is 5.78 Å². The zero-order valence-electron chi connectivity index (χ0n) is 34.0. The maximum Gasteiger partial charge on any atom is 0.322 e. The van der Waals surface area contributed by atoms with Gasteiger partial charge in [-0.2, -0.15) is 0 Å². The third-order valence-electron chi connectivity index (χ3n) is 15.2. The number of aliphatic hydroxyl groups is 2. The zero-order chi connectivity index (χ0) is 40.4. The number of allylic oxidation sites excluding steroid dienone is 4. The lowest BCUT2D eigenvalue weighted by atomic mass is 9.32. The molecule has 2 spiro atoms. The number of hydrogen-bond donors (Lipinski definition) is 3. The van der Waals surface area contributed by atoms with Crippen molar-refractivity contribution in [2.24, 2.45) is 33.5 Å². The standard InChI is InChI=1S/C47H56N2O8/c1-43-20-17-33(50)26-45(43)23-24-47(37(27-45)41(51)30-7-12-34(54-3)13-8-30)39(43)18-21-44(2)40(47)19-22-46(44,53)29-49(28-31-9-14-36(56-5)25-38(31)57-6)42(52)48-32-10-15-35(55-4)16-11-32/h7-16,23-25,27,33,39-40,50,53H,17-22,26,28-29H2,1-6H3,(H,48,52)/t33?,39-,40-,43-,44+,45+,46-,47-/m1/s1. The number of urea groups is 1. The average Bonchev–Trinajstić information content (AvgIpc) is 3.50. The van der Waals surface area contributed by atoms with Crippen molar-refractivity contribution >= 4 is 17.5 Å². The molecular weight excluding hydrogens is 721 g/mol. The molecule has 9 rings (SSSR count). The van der Waals surface area contributed by atoms with Crippen molar-refractivity contribution in [3.05, 3.63) is 102 Å². The molecule has 3 N–H and O–H groups in total. The Hall–Kier alpha value is -4.80. The van der Waals surface area contributed by atoms with Crippen LogP contribution in [0.15, 0.2) is 90.5 Å². The van der Waals surface area contributed by atoms with E-state index in [1.165, 1.54) is 0 Å². The second kappa shape index (κ2) is 14.2. The number of carbonyl (C=O) groups excluding carboxylic acids is 2. The average molecular weight is 777 g/mol. The Labute approximate surface area is 335 Å². The molecule has 3 aromatic carbocycles. The summed E-state index contributed by atoms with van der Waals surface area (Å²) in [5.41, 5.74) is -0.426. The zero-order valence-corrected chi connectivity index (χ0v) is 34.0. The van der Waals surface area contributed by atoms with Crippen LogP contribution < -0.4 is 24.3 Å². The Bertz CT molecular complexity index is 2100. The third kappa shape index (κ3) is 5.96. The van der Waals surface area contributed by atoms with Gasteiger partial charge in [0.05, 0.1) is 53.2 Å². The number of fused-ring (bicyclic) bond motifs is 1. The molecule has 2 amide bonds. The van der Waals surface area contributed by atoms with Gasteiger partial charge in [-0.1, -0.05) is 32.1 Å². The second-order valence-electron chi connectivity index (χ2n) is 17.6. The fourth-order valence-electron chi connectivity index (χ4n) is 12.1. The van der Waals surface area contributed by atoms with Crippen molar-refractivity contribution in [1.29, 1.82) is 0 Å². The van der Waals surface area contributed by atoms with Crippen LogP contribution in [0, 0.1) is 33.5 Å². The summed E-state index contributed by atoms with van der Waals surface area (Å²) < 4.78 is 22.0. The van der Waals surface area contributed by atoms with Crippen LogP contribution in [-0.4, -0.2) is 73.6 Å². The summed E-state index contributed by atoms with van der Waals surface area (Å²) in [6, 6.07) is 19.7. The number of Topliss-reactive ketones (excluding diaryl/α,β-unsaturated/α-hetero) is 1. The lowest BCUT2D eigenvalue weighted by molar-refractivity contribution is -0.174. The van der Waals surface area contributed by atoms with Crippen molar-refractivity contribution < 1.29 is 38.7 Å². The first kappa shape index (κ1) is 39.0. The summed E-state index contributed by atoms with van der Waals surface area (Å²) in [6.07, 6.45) is 11.3. The van der Waals surface area contributed by atoms with Crippen molar-refractivity contribution in [2.45, 2.75) is 77.0 Å². The fraction of sp³-hybridized carbons (Fsp3) is 0.489. The molecule has 0 radical (unpaired) electrons. The normalized spacial score (nSPS) is 33.3. The highest BCUT2D eigenvalue weighted by molar-refractivity contribution is 6.10. The highest BCUT2D eigenvalue weighted by Gasteiger charge is 2.74. The van der Waals surface area contributed by atoms with Gasteiger partial charge in [-0.3, -0.25) is 4.79 Å². The molecule has 2 bridgehead atoms. The van der Waals surface area contributed by atoms with Gasteiger partial charge in [0.2, 0.25) is 0 Å². The van der Waals surface area contributed by atoms with Crippen LogP contribution in [0.5, 0.6) is 23.0 Å². The van der Waals surface area contributed by atoms with Gasteiger partial charge in [0.1, 0.15) is 23.0 Å². The number of carbonyl (C=O) groups is 2. The van der Waals surface area contributed by atoms with Gasteiger partial charge in [0.25, 0.3) is 0 Å². The molecule has 6 aliphatic rings. The summed E-state index contributed by atoms with van der Waals surface area (Å²) in [5, 5.41) is 27.4. The van der Waals surface area contributed by atoms with E-state index in [2.05, 4.69) is 37.4 Å². The smallest absolute Gasteiger partial charge is 0.322 e. The molecule has 10 nitrogen and oxygen atoms in total. The van der Waals surface area contributed by atoms with Crippen LogP contribution in [0.4, 0.5) is 10.5 Å². The van der Waals surface area contributed by atoms with Crippen LogP contribution in [0.3, 0.4) is 0 Å². The molecule has 0 saturated heterocycles. The second-order valence-corrected chi connectivity index (χ2v) is 17.6. The lowest BCUT2D eigenvalue weighted by Crippen LogP contribution is -2.67. The summed E-state index contributed by atoms with van der Waals surface area (Å²) >= 11 is 0. The predicted octanol–water partition coefficient (Wildman–Crippen LogP) is 8.23. The third-order valence-corrected chi connectivity index (χ3v) is 15.2. The molecule has 57 heavy (non-hydrogen) atoms. The number of anilines is 1. The number of ether oxygens (including phenoxy) is 4. The Morgan fingerprint density at radius 1 is 0.772 bits per heavy atom. The number of benzene rings is 3. The van der Waals surface area contributed by atoms with Crippen LogP contribution in [-0.2, 0) is 6.54 Å². The molecule has 1 unspecified atom stereocenters. The summed E-state index contributed by atoms with van der Waals surface area (Å²) in [6.45, 7) is 4.82. The number of rotatable bonds is 11. The summed E-state index contributed by atoms with van der Waals surface area (Å²) in [5.74, 6) is 2.62. The first-order valence-electron chi connectivity index (χ1n) is 20.2. The molecule has 6 aliphatic carbocycles. The predicted molar refractivity (Wildman–Crippen MR) is 218 cm³/mol. The van der Waals surface area contributed by atoms with E-state index in [9.17, 15) is 19.8 Å². The Balaban J connectivity index is 1.18. The molecule has 0 heterocycles. The van der Waals surface area contributed by atoms with Gasteiger partial charge in [-0.05, 0) is 123 Å². The molecule has 3 saturated carbocycles. The van der Waals surface area contributed by atoms with Crippen LogP contribution in [0.1, 0.15) is 74.7 Å². The minimum absolute atomic E-state index is 0.0136. The number of amides is 2. The van der Waals surface area contributed by atoms with Crippen molar-refractivity contribution in [2.75, 3.05) is 40.3 Å². The number of nitrogens with one attached hydrogen (secondary N) is 1. The van der Waals surface area contributed by atoms with Gasteiger partial charge >= 0.3 is 6.03 Å². The SMILES string of the molecule is COc1ccc(NC(=O)N(Cc2ccc(OC)cc2OC)C[C@]2(O)CC[C@H]3[C@]45C=C[C@@]6(C=C4C(=O)c4ccc(OC)cc4)CC(O)CC[C@]6(C)[C@H]5CC[C@@]32C)cc1. The molecular formula is C47H56N2O8. The largest absolute Gasteiger partial charge is 0.497 e. The molecule has 3 aromatic rings. The quantitative estimate of drug-likeness (QED) is 0.131. The van der Waals surface area contributed by atoms with E-state index < -0.39 is 27.9 Å². The number of nitrogens with zero attached hydrogens (tertiary/aromatic N) is 1. The number of aliphatic hydroxyl groups excluding tert-OH is 1. The molecule has 10 heteroatoms. The maximum absolute atomic E-state index is 15.0. The maximum atomic E-state index is 15.0. The summed E-state index contributed by atoms with van der Waals surface area (Å²) in [7, 11) is 6.40. The molecule has 8 atom stereocenters. The van der Waals surface area contributed by atoms with Gasteiger partial charge in [-0.15, -0.1) is 0 Å². The van der Waals surface area contributed by atoms with Crippen LogP contribution >= 0.6 is 0 Å². The number of hydrogen-bond acceptors (Lipinski definition) is 8. The molecule has 302 valence electrons. The van der Waals surface area contributed by atoms with Gasteiger partial charge < -0.3 is 39.4 Å². The summed E-state index contributed by atoms with van der Waals surface area (Å²) in [4.78, 5) is 31.1. The monoisotopic (exact) mass is 776 g/mol. The molecule has 0 aliphatic heterocycles. The fourth-order valence-corrected chi connectivity index (χ4v) is 12.1. The lowest BCUT2D eigenvalue weighted by Gasteiger charge is -2.71. The Morgan fingerprint density at radius 3 is 2.05 bits per heavy atom. The highest BCUT2D eigenvalue weighted by Crippen LogP contribution is 2.78. The first-order valence-corrected chi connectivity index (χ1v) is 20.2. The number of ketones is 1. The minimum atomic E-state index is -1.29. The van der Waals surface area contributed by atoms with E-state index in [0.29, 0.717) is 53.5 Å². The van der Waals surface area contributed by atoms with Crippen molar-refractivity contribution in [1.82, 2.24) is 4.90 Å². The van der Waals surface area contributed by atoms with E-state index >= 15 is 0 Å². The van der Waals surface area contributed by atoms with Crippen LogP contribution in [0.25, 0.3) is 0 Å². The molecule has 0 aromatic heterocycles. The molecule has 3 fully saturated rings. The first-order chi connectivity index (χ1) is 27.3. The van der Waals surface area contributed by atoms with Gasteiger partial charge in [-0.25, -0.2) is 4.79 Å².